The zero-order valence-corrected chi connectivity index (χ0v) is 25.7. The van der Waals surface area contributed by atoms with Gasteiger partial charge in [-0.1, -0.05) is 0 Å². The molecule has 1 aliphatic rings. The Morgan fingerprint density at radius 2 is 1.95 bits per heavy atom. The molecule has 0 bridgehead atoms. The molecule has 3 rings (SSSR count). The minimum absolute atomic E-state index is 0.190. The SMILES string of the molecule is CCOC(=O)c1cc(C)[nH]c1/C=C1\C(=O)Nc2cnc([C@H](C)C(=O)NCCOCCN(CS)C(=O)OC(C)(C)C)cc21. The first-order valence-electron chi connectivity index (χ1n) is 13.7. The summed E-state index contributed by atoms with van der Waals surface area (Å²) in [6.45, 7) is 11.9. The van der Waals surface area contributed by atoms with E-state index in [-0.39, 0.29) is 44.1 Å². The van der Waals surface area contributed by atoms with Gasteiger partial charge in [-0.15, -0.1) is 0 Å². The fourth-order valence-electron chi connectivity index (χ4n) is 4.09. The molecule has 3 amide bonds. The average molecular weight is 602 g/mol. The van der Waals surface area contributed by atoms with E-state index in [9.17, 15) is 19.2 Å². The number of H-pyrrole nitrogens is 1. The molecular weight excluding hydrogens is 562 g/mol. The highest BCUT2D eigenvalue weighted by atomic mass is 32.1. The standard InChI is InChI=1S/C29H39N5O7S/c1-7-40-27(37)21-12-17(2)32-23(21)14-20-19-13-22(31-15-24(19)33-26(20)36)18(3)25(35)30-8-10-39-11-9-34(16-42)28(38)41-29(4,5)6/h12-15,18,32,42H,7-11,16H2,1-6H3,(H,30,35)(H,33,36)/b20-14-/t18-/m0/s1. The third-order valence-electron chi connectivity index (χ3n) is 6.19. The lowest BCUT2D eigenvalue weighted by molar-refractivity contribution is -0.122. The van der Waals surface area contributed by atoms with E-state index in [4.69, 9.17) is 14.2 Å². The van der Waals surface area contributed by atoms with E-state index < -0.39 is 23.6 Å². The Morgan fingerprint density at radius 1 is 1.21 bits per heavy atom. The number of hydrogen-bond donors (Lipinski definition) is 4. The fourth-order valence-corrected chi connectivity index (χ4v) is 4.35. The van der Waals surface area contributed by atoms with Crippen molar-refractivity contribution in [2.75, 3.05) is 44.1 Å². The highest BCUT2D eigenvalue weighted by Crippen LogP contribution is 2.34. The summed E-state index contributed by atoms with van der Waals surface area (Å²) >= 11 is 4.17. The van der Waals surface area contributed by atoms with Gasteiger partial charge in [0.05, 0.1) is 66.0 Å². The number of ether oxygens (including phenoxy) is 3. The van der Waals surface area contributed by atoms with Gasteiger partial charge in [0.2, 0.25) is 5.91 Å². The van der Waals surface area contributed by atoms with Crippen molar-refractivity contribution in [2.24, 2.45) is 0 Å². The first kappa shape index (κ1) is 32.7. The Kier molecular flexibility index (Phi) is 11.2. The van der Waals surface area contributed by atoms with Crippen molar-refractivity contribution >= 4 is 53.8 Å². The minimum Gasteiger partial charge on any atom is -0.462 e. The van der Waals surface area contributed by atoms with E-state index in [1.807, 2.05) is 6.92 Å². The van der Waals surface area contributed by atoms with Crippen LogP contribution in [0.4, 0.5) is 10.5 Å². The predicted octanol–water partition coefficient (Wildman–Crippen LogP) is 3.75. The molecule has 0 aliphatic carbocycles. The van der Waals surface area contributed by atoms with Gasteiger partial charge in [0.15, 0.2) is 0 Å². The molecule has 2 aromatic rings. The van der Waals surface area contributed by atoms with Gasteiger partial charge in [0, 0.05) is 24.3 Å². The maximum Gasteiger partial charge on any atom is 0.411 e. The number of fused-ring (bicyclic) bond motifs is 1. The summed E-state index contributed by atoms with van der Waals surface area (Å²) in [5.74, 6) is -1.51. The van der Waals surface area contributed by atoms with Crippen LogP contribution >= 0.6 is 12.6 Å². The Morgan fingerprint density at radius 3 is 2.62 bits per heavy atom. The maximum absolute atomic E-state index is 12.8. The summed E-state index contributed by atoms with van der Waals surface area (Å²) in [6, 6.07) is 3.37. The number of hydrogen-bond acceptors (Lipinski definition) is 9. The van der Waals surface area contributed by atoms with E-state index in [1.54, 1.807) is 52.8 Å². The van der Waals surface area contributed by atoms with Crippen LogP contribution in [0, 0.1) is 6.92 Å². The molecule has 1 aliphatic heterocycles. The van der Waals surface area contributed by atoms with E-state index in [0.717, 1.165) is 5.69 Å². The van der Waals surface area contributed by atoms with Crippen molar-refractivity contribution in [3.05, 3.63) is 46.5 Å². The molecule has 42 heavy (non-hydrogen) atoms. The van der Waals surface area contributed by atoms with Crippen molar-refractivity contribution in [1.29, 1.82) is 0 Å². The number of pyridine rings is 1. The Hall–Kier alpha value is -3.84. The summed E-state index contributed by atoms with van der Waals surface area (Å²) < 4.78 is 16.0. The number of aromatic nitrogens is 2. The van der Waals surface area contributed by atoms with Crippen LogP contribution < -0.4 is 10.6 Å². The zero-order chi connectivity index (χ0) is 31.0. The largest absolute Gasteiger partial charge is 0.462 e. The van der Waals surface area contributed by atoms with Gasteiger partial charge in [-0.2, -0.15) is 12.6 Å². The molecule has 12 nitrogen and oxygen atoms in total. The van der Waals surface area contributed by atoms with Crippen LogP contribution in [-0.2, 0) is 23.8 Å². The van der Waals surface area contributed by atoms with E-state index in [1.165, 1.54) is 11.1 Å². The normalized spacial score (nSPS) is 14.3. The number of nitrogens with one attached hydrogen (secondary N) is 3. The van der Waals surface area contributed by atoms with Crippen LogP contribution in [0.2, 0.25) is 0 Å². The summed E-state index contributed by atoms with van der Waals surface area (Å²) in [5.41, 5.74) is 2.83. The van der Waals surface area contributed by atoms with Crippen molar-refractivity contribution in [1.82, 2.24) is 20.2 Å². The molecule has 0 aromatic carbocycles. The molecule has 0 radical (unpaired) electrons. The van der Waals surface area contributed by atoms with Gasteiger partial charge in [0.25, 0.3) is 5.91 Å². The van der Waals surface area contributed by atoms with E-state index in [2.05, 4.69) is 33.2 Å². The second kappa shape index (κ2) is 14.4. The van der Waals surface area contributed by atoms with Gasteiger partial charge in [-0.05, 0) is 59.8 Å². The Bertz CT molecular complexity index is 1350. The quantitative estimate of drug-likeness (QED) is 0.0944. The van der Waals surface area contributed by atoms with Crippen LogP contribution in [0.1, 0.15) is 73.5 Å². The molecule has 0 saturated heterocycles. The van der Waals surface area contributed by atoms with Gasteiger partial charge in [-0.25, -0.2) is 9.59 Å². The number of nitrogens with zero attached hydrogens (tertiary/aromatic N) is 2. The molecule has 13 heteroatoms. The van der Waals surface area contributed by atoms with Crippen LogP contribution in [0.25, 0.3) is 11.6 Å². The van der Waals surface area contributed by atoms with E-state index >= 15 is 0 Å². The number of aromatic amines is 1. The first-order chi connectivity index (χ1) is 19.8. The Labute approximate surface area is 251 Å². The molecule has 3 N–H and O–H groups in total. The number of carbonyl (C=O) groups is 4. The first-order valence-corrected chi connectivity index (χ1v) is 14.3. The van der Waals surface area contributed by atoms with Gasteiger partial charge in [0.1, 0.15) is 5.60 Å². The lowest BCUT2D eigenvalue weighted by Gasteiger charge is -2.26. The second-order valence-corrected chi connectivity index (χ2v) is 11.0. The number of anilines is 1. The van der Waals surface area contributed by atoms with Crippen LogP contribution in [0.15, 0.2) is 18.3 Å². The fraction of sp³-hybridized carbons (Fsp3) is 0.483. The molecule has 1 atom stereocenters. The van der Waals surface area contributed by atoms with Crippen molar-refractivity contribution < 1.29 is 33.4 Å². The Balaban J connectivity index is 1.59. The van der Waals surface area contributed by atoms with E-state index in [0.29, 0.717) is 40.3 Å². The monoisotopic (exact) mass is 601 g/mol. The van der Waals surface area contributed by atoms with Gasteiger partial charge >= 0.3 is 12.1 Å². The third-order valence-corrected chi connectivity index (χ3v) is 6.53. The maximum atomic E-state index is 12.8. The van der Waals surface area contributed by atoms with Gasteiger partial charge < -0.3 is 29.8 Å². The average Bonchev–Trinajstić information content (AvgIpc) is 3.44. The summed E-state index contributed by atoms with van der Waals surface area (Å²) in [7, 11) is 0. The molecular formula is C29H39N5O7S. The van der Waals surface area contributed by atoms with Crippen molar-refractivity contribution in [3.63, 3.8) is 0 Å². The summed E-state index contributed by atoms with van der Waals surface area (Å²) in [5, 5.41) is 5.59. The molecule has 0 fully saturated rings. The molecule has 3 heterocycles. The highest BCUT2D eigenvalue weighted by molar-refractivity contribution is 7.80. The lowest BCUT2D eigenvalue weighted by Crippen LogP contribution is -2.38. The molecule has 0 unspecified atom stereocenters. The smallest absolute Gasteiger partial charge is 0.411 e. The number of rotatable bonds is 12. The number of carbonyl (C=O) groups excluding carboxylic acids is 4. The number of esters is 1. The second-order valence-electron chi connectivity index (χ2n) is 10.7. The molecule has 0 spiro atoms. The van der Waals surface area contributed by atoms with Crippen LogP contribution in [-0.4, -0.2) is 83.1 Å². The molecule has 228 valence electrons. The van der Waals surface area contributed by atoms with Gasteiger partial charge in [-0.3, -0.25) is 19.5 Å². The number of aryl methyl sites for hydroxylation is 1. The zero-order valence-electron chi connectivity index (χ0n) is 24.8. The van der Waals surface area contributed by atoms with Crippen LogP contribution in [0.3, 0.4) is 0 Å². The van der Waals surface area contributed by atoms with Crippen LogP contribution in [0.5, 0.6) is 0 Å². The highest BCUT2D eigenvalue weighted by Gasteiger charge is 2.28. The number of thiol groups is 1. The number of amides is 3. The summed E-state index contributed by atoms with van der Waals surface area (Å²) in [6.07, 6.45) is 2.65. The van der Waals surface area contributed by atoms with Crippen molar-refractivity contribution in [2.45, 2.75) is 53.1 Å². The molecule has 2 aromatic heterocycles. The minimum atomic E-state index is -0.609. The predicted molar refractivity (Wildman–Crippen MR) is 161 cm³/mol. The topological polar surface area (TPSA) is 152 Å². The lowest BCUT2D eigenvalue weighted by atomic mass is 10.00. The molecule has 0 saturated carbocycles. The summed E-state index contributed by atoms with van der Waals surface area (Å²) in [4.78, 5) is 59.1. The van der Waals surface area contributed by atoms with Crippen molar-refractivity contribution in [3.8, 4) is 0 Å². The third kappa shape index (κ3) is 8.58.